The first kappa shape index (κ1) is 11.3. The van der Waals surface area contributed by atoms with Crippen LogP contribution in [0, 0.1) is 11.3 Å². The average molecular weight is 204 g/mol. The van der Waals surface area contributed by atoms with Gasteiger partial charge in [-0.3, -0.25) is 0 Å². The van der Waals surface area contributed by atoms with Gasteiger partial charge in [-0.15, -0.1) is 12.4 Å². The predicted molar refractivity (Wildman–Crippen MR) is 59.4 cm³/mol. The first-order valence-electron chi connectivity index (χ1n) is 5.21. The van der Waals surface area contributed by atoms with Crippen LogP contribution in [0.2, 0.25) is 0 Å². The molecule has 2 bridgehead atoms. The lowest BCUT2D eigenvalue weighted by atomic mass is 9.66. The summed E-state index contributed by atoms with van der Waals surface area (Å²) < 4.78 is 0. The Morgan fingerprint density at radius 1 is 1.15 bits per heavy atom. The van der Waals surface area contributed by atoms with Crippen LogP contribution in [-0.2, 0) is 0 Å². The molecule has 0 amide bonds. The fourth-order valence-electron chi connectivity index (χ4n) is 3.81. The lowest BCUT2D eigenvalue weighted by Gasteiger charge is -2.38. The molecule has 4 atom stereocenters. The number of nitrogens with one attached hydrogen (secondary N) is 1. The second kappa shape index (κ2) is 3.13. The van der Waals surface area contributed by atoms with Crippen LogP contribution in [0.4, 0.5) is 0 Å². The minimum absolute atomic E-state index is 0. The maximum Gasteiger partial charge on any atom is 0.0164 e. The lowest BCUT2D eigenvalue weighted by Crippen LogP contribution is -2.40. The van der Waals surface area contributed by atoms with E-state index in [1.165, 1.54) is 19.3 Å². The molecule has 0 radical (unpaired) electrons. The molecule has 1 saturated heterocycles. The first-order valence-corrected chi connectivity index (χ1v) is 5.21. The van der Waals surface area contributed by atoms with Crippen LogP contribution in [0.5, 0.6) is 0 Å². The highest BCUT2D eigenvalue weighted by Gasteiger charge is 2.51. The van der Waals surface area contributed by atoms with Gasteiger partial charge in [0.2, 0.25) is 0 Å². The van der Waals surface area contributed by atoms with E-state index in [-0.39, 0.29) is 12.4 Å². The molecule has 1 aliphatic carbocycles. The number of rotatable bonds is 0. The monoisotopic (exact) mass is 203 g/mol. The Morgan fingerprint density at radius 2 is 1.77 bits per heavy atom. The van der Waals surface area contributed by atoms with Crippen LogP contribution < -0.4 is 5.32 Å². The molecule has 1 nitrogen and oxygen atoms in total. The molecule has 2 aliphatic rings. The van der Waals surface area contributed by atoms with Gasteiger partial charge in [-0.05, 0) is 44.4 Å². The number of halogens is 1. The smallest absolute Gasteiger partial charge is 0.0164 e. The Balaban J connectivity index is 0.000000845. The first-order chi connectivity index (χ1) is 5.44. The molecule has 0 spiro atoms. The number of hydrogen-bond acceptors (Lipinski definition) is 1. The second-order valence-electron chi connectivity index (χ2n) is 5.77. The van der Waals surface area contributed by atoms with Gasteiger partial charge in [-0.25, -0.2) is 0 Å². The van der Waals surface area contributed by atoms with Gasteiger partial charge in [0.15, 0.2) is 0 Å². The molecule has 2 rings (SSSR count). The van der Waals surface area contributed by atoms with E-state index >= 15 is 0 Å². The van der Waals surface area contributed by atoms with E-state index in [0.717, 1.165) is 5.92 Å². The molecular formula is C11H22ClN. The Kier molecular flexibility index (Phi) is 2.73. The molecule has 0 aromatic heterocycles. The normalized spacial score (nSPS) is 54.5. The van der Waals surface area contributed by atoms with Gasteiger partial charge in [0.1, 0.15) is 0 Å². The van der Waals surface area contributed by atoms with Gasteiger partial charge in [-0.2, -0.15) is 0 Å². The highest BCUT2D eigenvalue weighted by molar-refractivity contribution is 5.85. The summed E-state index contributed by atoms with van der Waals surface area (Å²) in [7, 11) is 0. The zero-order chi connectivity index (χ0) is 8.98. The molecule has 1 saturated carbocycles. The summed E-state index contributed by atoms with van der Waals surface area (Å²) in [6.45, 7) is 9.59. The van der Waals surface area contributed by atoms with Crippen LogP contribution in [0.3, 0.4) is 0 Å². The van der Waals surface area contributed by atoms with Gasteiger partial charge in [-0.1, -0.05) is 13.8 Å². The van der Waals surface area contributed by atoms with Crippen LogP contribution in [0.25, 0.3) is 0 Å². The summed E-state index contributed by atoms with van der Waals surface area (Å²) in [5.41, 5.74) is 1.03. The van der Waals surface area contributed by atoms with Crippen molar-refractivity contribution in [2.45, 2.75) is 58.5 Å². The molecule has 2 heteroatoms. The molecule has 1 heterocycles. The molecule has 0 aromatic carbocycles. The molecule has 78 valence electrons. The van der Waals surface area contributed by atoms with Gasteiger partial charge in [0.05, 0.1) is 0 Å². The number of hydrogen-bond donors (Lipinski definition) is 1. The quantitative estimate of drug-likeness (QED) is 0.639. The summed E-state index contributed by atoms with van der Waals surface area (Å²) in [6, 6.07) is 0.715. The van der Waals surface area contributed by atoms with Crippen molar-refractivity contribution in [3.63, 3.8) is 0 Å². The van der Waals surface area contributed by atoms with Crippen LogP contribution >= 0.6 is 12.4 Å². The Labute approximate surface area is 88.1 Å². The van der Waals surface area contributed by atoms with Crippen molar-refractivity contribution in [2.75, 3.05) is 0 Å². The maximum absolute atomic E-state index is 3.76. The molecule has 13 heavy (non-hydrogen) atoms. The number of fused-ring (bicyclic) bond motifs is 2. The van der Waals surface area contributed by atoms with Crippen molar-refractivity contribution in [1.82, 2.24) is 5.32 Å². The highest BCUT2D eigenvalue weighted by atomic mass is 35.5. The maximum atomic E-state index is 3.76. The van der Waals surface area contributed by atoms with E-state index in [1.807, 2.05) is 0 Å². The Morgan fingerprint density at radius 3 is 2.31 bits per heavy atom. The third-order valence-electron chi connectivity index (χ3n) is 4.02. The van der Waals surface area contributed by atoms with E-state index in [1.54, 1.807) is 0 Å². The van der Waals surface area contributed by atoms with Crippen molar-refractivity contribution < 1.29 is 0 Å². The van der Waals surface area contributed by atoms with Crippen molar-refractivity contribution in [1.29, 1.82) is 0 Å². The fraction of sp³-hybridized carbons (Fsp3) is 1.00. The molecular weight excluding hydrogens is 182 g/mol. The lowest BCUT2D eigenvalue weighted by molar-refractivity contribution is 0.160. The average Bonchev–Trinajstić information content (AvgIpc) is 1.96. The SMILES string of the molecule is CC1CC2(C)CC(C)(C1)C(C)N2.Cl. The van der Waals surface area contributed by atoms with E-state index in [2.05, 4.69) is 33.0 Å². The minimum atomic E-state index is 0. The summed E-state index contributed by atoms with van der Waals surface area (Å²) in [5, 5.41) is 3.76. The summed E-state index contributed by atoms with van der Waals surface area (Å²) >= 11 is 0. The van der Waals surface area contributed by atoms with Crippen molar-refractivity contribution in [3.8, 4) is 0 Å². The van der Waals surface area contributed by atoms with E-state index < -0.39 is 0 Å². The third-order valence-corrected chi connectivity index (χ3v) is 4.02. The molecule has 1 N–H and O–H groups in total. The highest BCUT2D eigenvalue weighted by Crippen LogP contribution is 2.51. The predicted octanol–water partition coefficient (Wildman–Crippen LogP) is 2.98. The summed E-state index contributed by atoms with van der Waals surface area (Å²) in [5.74, 6) is 0.909. The van der Waals surface area contributed by atoms with Gasteiger partial charge in [0, 0.05) is 11.6 Å². The summed E-state index contributed by atoms with van der Waals surface area (Å²) in [4.78, 5) is 0. The standard InChI is InChI=1S/C11H21N.ClH/c1-8-5-10(3)7-11(4,6-8)12-9(10)2;/h8-9,12H,5-7H2,1-4H3;1H. The Bertz CT molecular complexity index is 206. The molecule has 0 aromatic rings. The van der Waals surface area contributed by atoms with Crippen molar-refractivity contribution in [2.24, 2.45) is 11.3 Å². The second-order valence-corrected chi connectivity index (χ2v) is 5.77. The van der Waals surface area contributed by atoms with E-state index in [9.17, 15) is 0 Å². The summed E-state index contributed by atoms with van der Waals surface area (Å²) in [6.07, 6.45) is 4.16. The van der Waals surface area contributed by atoms with E-state index in [4.69, 9.17) is 0 Å². The van der Waals surface area contributed by atoms with Gasteiger partial charge in [0.25, 0.3) is 0 Å². The van der Waals surface area contributed by atoms with Crippen LogP contribution in [-0.4, -0.2) is 11.6 Å². The van der Waals surface area contributed by atoms with Crippen molar-refractivity contribution in [3.05, 3.63) is 0 Å². The largest absolute Gasteiger partial charge is 0.308 e. The zero-order valence-corrected chi connectivity index (χ0v) is 10.0. The molecule has 4 unspecified atom stereocenters. The van der Waals surface area contributed by atoms with Crippen LogP contribution in [0.1, 0.15) is 47.0 Å². The van der Waals surface area contributed by atoms with Crippen molar-refractivity contribution >= 4 is 12.4 Å². The topological polar surface area (TPSA) is 12.0 Å². The molecule has 2 fully saturated rings. The van der Waals surface area contributed by atoms with Crippen LogP contribution in [0.15, 0.2) is 0 Å². The minimum Gasteiger partial charge on any atom is -0.308 e. The molecule has 1 aliphatic heterocycles. The third kappa shape index (κ3) is 1.73. The Hall–Kier alpha value is 0.250. The zero-order valence-electron chi connectivity index (χ0n) is 9.18. The van der Waals surface area contributed by atoms with E-state index in [0.29, 0.717) is 17.0 Å². The fourth-order valence-corrected chi connectivity index (χ4v) is 3.81. The van der Waals surface area contributed by atoms with Gasteiger partial charge >= 0.3 is 0 Å². The van der Waals surface area contributed by atoms with Gasteiger partial charge < -0.3 is 5.32 Å².